The molecule has 7 nitrogen and oxygen atoms in total. The first-order chi connectivity index (χ1) is 9.57. The van der Waals surface area contributed by atoms with E-state index in [1.165, 1.54) is 15.6 Å². The van der Waals surface area contributed by atoms with Crippen LogP contribution in [-0.2, 0) is 14.8 Å². The van der Waals surface area contributed by atoms with Crippen molar-refractivity contribution in [1.29, 1.82) is 0 Å². The molecule has 1 aliphatic heterocycles. The van der Waals surface area contributed by atoms with Gasteiger partial charge in [0.05, 0.1) is 6.10 Å². The van der Waals surface area contributed by atoms with E-state index >= 15 is 0 Å². The minimum atomic E-state index is -3.58. The molecule has 0 radical (unpaired) electrons. The lowest BCUT2D eigenvalue weighted by Crippen LogP contribution is -2.31. The highest BCUT2D eigenvalue weighted by Crippen LogP contribution is 2.30. The second kappa shape index (κ2) is 4.99. The highest BCUT2D eigenvalue weighted by molar-refractivity contribution is 7.89. The molecular formula is C11H16N4O3S2. The van der Waals surface area contributed by atoms with E-state index in [0.717, 1.165) is 6.42 Å². The third-order valence-electron chi connectivity index (χ3n) is 3.48. The van der Waals surface area contributed by atoms with Gasteiger partial charge in [-0.2, -0.15) is 4.31 Å². The molecule has 0 spiro atoms. The maximum absolute atomic E-state index is 12.8. The average molecular weight is 316 g/mol. The van der Waals surface area contributed by atoms with Crippen molar-refractivity contribution in [2.75, 3.05) is 32.6 Å². The Morgan fingerprint density at radius 3 is 3.00 bits per heavy atom. The average Bonchev–Trinajstić information content (AvgIpc) is 3.12. The van der Waals surface area contributed by atoms with E-state index < -0.39 is 10.0 Å². The molecule has 110 valence electrons. The number of hydrogen-bond donors (Lipinski definition) is 1. The van der Waals surface area contributed by atoms with Gasteiger partial charge in [0.15, 0.2) is 15.8 Å². The molecule has 3 rings (SSSR count). The Bertz CT molecular complexity index is 721. The Morgan fingerprint density at radius 1 is 1.55 bits per heavy atom. The summed E-state index contributed by atoms with van der Waals surface area (Å²) in [6, 6.07) is 0. The van der Waals surface area contributed by atoms with Crippen LogP contribution in [-0.4, -0.2) is 55.5 Å². The molecule has 0 amide bonds. The number of nitrogens with one attached hydrogen (secondary N) is 1. The van der Waals surface area contributed by atoms with Gasteiger partial charge in [-0.25, -0.2) is 13.4 Å². The van der Waals surface area contributed by atoms with E-state index in [2.05, 4.69) is 10.3 Å². The number of methoxy groups -OCH3 is 1. The normalized spacial score (nSPS) is 20.8. The van der Waals surface area contributed by atoms with Crippen LogP contribution in [0.25, 0.3) is 4.96 Å². The van der Waals surface area contributed by atoms with Crippen molar-refractivity contribution in [3.8, 4) is 0 Å². The lowest BCUT2D eigenvalue weighted by Gasteiger charge is -2.16. The smallest absolute Gasteiger partial charge is 0.262 e. The van der Waals surface area contributed by atoms with Crippen molar-refractivity contribution in [1.82, 2.24) is 13.7 Å². The highest BCUT2D eigenvalue weighted by Gasteiger charge is 2.36. The van der Waals surface area contributed by atoms with Gasteiger partial charge in [-0.15, -0.1) is 11.3 Å². The molecule has 2 aromatic rings. The first-order valence-electron chi connectivity index (χ1n) is 6.24. The Balaban J connectivity index is 2.07. The number of thiazole rings is 1. The van der Waals surface area contributed by atoms with Gasteiger partial charge in [0.25, 0.3) is 10.0 Å². The van der Waals surface area contributed by atoms with Crippen LogP contribution in [0.2, 0.25) is 0 Å². The summed E-state index contributed by atoms with van der Waals surface area (Å²) in [5.74, 6) is 0.387. The molecule has 3 heterocycles. The summed E-state index contributed by atoms with van der Waals surface area (Å²) in [5.41, 5.74) is 0. The number of fused-ring (bicyclic) bond motifs is 1. The quantitative estimate of drug-likeness (QED) is 0.905. The monoisotopic (exact) mass is 316 g/mol. The number of sulfonamides is 1. The van der Waals surface area contributed by atoms with Gasteiger partial charge in [0.1, 0.15) is 0 Å². The van der Waals surface area contributed by atoms with Gasteiger partial charge in [-0.3, -0.25) is 4.40 Å². The van der Waals surface area contributed by atoms with Crippen molar-refractivity contribution in [3.05, 3.63) is 11.6 Å². The first-order valence-corrected chi connectivity index (χ1v) is 8.56. The first kappa shape index (κ1) is 13.8. The summed E-state index contributed by atoms with van der Waals surface area (Å²) < 4.78 is 34.0. The largest absolute Gasteiger partial charge is 0.380 e. The number of ether oxygens (including phenoxy) is 1. The molecule has 1 N–H and O–H groups in total. The number of anilines is 1. The third kappa shape index (κ3) is 2.01. The van der Waals surface area contributed by atoms with Crippen molar-refractivity contribution < 1.29 is 13.2 Å². The molecule has 1 fully saturated rings. The Morgan fingerprint density at radius 2 is 2.35 bits per heavy atom. The standard InChI is InChI=1S/C11H16N4O3S2/c1-12-9-10(15-5-6-19-11(15)13-9)20(16,17)14-4-3-8(7-14)18-2/h5-6,8,12H,3-4,7H2,1-2H3. The number of rotatable bonds is 4. The molecule has 1 saturated heterocycles. The minimum Gasteiger partial charge on any atom is -0.380 e. The van der Waals surface area contributed by atoms with Gasteiger partial charge in [0.2, 0.25) is 0 Å². The van der Waals surface area contributed by atoms with Crippen LogP contribution in [0.3, 0.4) is 0 Å². The van der Waals surface area contributed by atoms with Gasteiger partial charge < -0.3 is 10.1 Å². The summed E-state index contributed by atoms with van der Waals surface area (Å²) >= 11 is 1.41. The van der Waals surface area contributed by atoms with Crippen molar-refractivity contribution in [3.63, 3.8) is 0 Å². The van der Waals surface area contributed by atoms with Crippen LogP contribution in [0.15, 0.2) is 16.6 Å². The molecular weight excluding hydrogens is 300 g/mol. The number of nitrogens with zero attached hydrogens (tertiary/aromatic N) is 3. The predicted molar refractivity (Wildman–Crippen MR) is 76.8 cm³/mol. The minimum absolute atomic E-state index is 0.0336. The molecule has 0 aliphatic carbocycles. The Hall–Kier alpha value is -1.16. The second-order valence-electron chi connectivity index (χ2n) is 4.58. The summed E-state index contributed by atoms with van der Waals surface area (Å²) in [6.45, 7) is 0.862. The van der Waals surface area contributed by atoms with E-state index in [1.807, 2.05) is 5.38 Å². The molecule has 0 bridgehead atoms. The number of imidazole rings is 1. The molecule has 0 saturated carbocycles. The Kier molecular flexibility index (Phi) is 3.44. The molecule has 2 aromatic heterocycles. The fourth-order valence-corrected chi connectivity index (χ4v) is 4.92. The zero-order valence-corrected chi connectivity index (χ0v) is 12.9. The van der Waals surface area contributed by atoms with Crippen LogP contribution in [0.1, 0.15) is 6.42 Å². The van der Waals surface area contributed by atoms with E-state index in [9.17, 15) is 8.42 Å². The fraction of sp³-hybridized carbons (Fsp3) is 0.545. The summed E-state index contributed by atoms with van der Waals surface area (Å²) in [7, 11) is -0.299. The fourth-order valence-electron chi connectivity index (χ4n) is 2.40. The third-order valence-corrected chi connectivity index (χ3v) is 6.13. The van der Waals surface area contributed by atoms with E-state index in [1.54, 1.807) is 24.8 Å². The topological polar surface area (TPSA) is 75.9 Å². The van der Waals surface area contributed by atoms with Crippen LogP contribution < -0.4 is 5.32 Å². The van der Waals surface area contributed by atoms with Gasteiger partial charge >= 0.3 is 0 Å². The van der Waals surface area contributed by atoms with Crippen LogP contribution >= 0.6 is 11.3 Å². The van der Waals surface area contributed by atoms with Crippen LogP contribution in [0, 0.1) is 0 Å². The molecule has 1 unspecified atom stereocenters. The zero-order chi connectivity index (χ0) is 14.3. The molecule has 1 atom stereocenters. The maximum Gasteiger partial charge on any atom is 0.262 e. The summed E-state index contributed by atoms with van der Waals surface area (Å²) in [4.78, 5) is 4.96. The number of aromatic nitrogens is 2. The molecule has 20 heavy (non-hydrogen) atoms. The van der Waals surface area contributed by atoms with Gasteiger partial charge in [-0.1, -0.05) is 0 Å². The Labute approximate surface area is 121 Å². The van der Waals surface area contributed by atoms with Crippen molar-refractivity contribution >= 4 is 32.1 Å². The molecule has 0 aromatic carbocycles. The van der Waals surface area contributed by atoms with E-state index in [4.69, 9.17) is 4.74 Å². The number of hydrogen-bond acceptors (Lipinski definition) is 6. The summed E-state index contributed by atoms with van der Waals surface area (Å²) in [5, 5.41) is 4.89. The zero-order valence-electron chi connectivity index (χ0n) is 11.2. The maximum atomic E-state index is 12.8. The van der Waals surface area contributed by atoms with E-state index in [0.29, 0.717) is 23.9 Å². The lowest BCUT2D eigenvalue weighted by atomic mass is 10.3. The van der Waals surface area contributed by atoms with Crippen molar-refractivity contribution in [2.24, 2.45) is 0 Å². The molecule has 1 aliphatic rings. The van der Waals surface area contributed by atoms with Crippen LogP contribution in [0.4, 0.5) is 5.82 Å². The lowest BCUT2D eigenvalue weighted by molar-refractivity contribution is 0.115. The molecule has 9 heteroatoms. The van der Waals surface area contributed by atoms with Crippen molar-refractivity contribution in [2.45, 2.75) is 17.6 Å². The van der Waals surface area contributed by atoms with Gasteiger partial charge in [-0.05, 0) is 6.42 Å². The SMILES string of the molecule is CNc1nc2sccn2c1S(=O)(=O)N1CCC(OC)C1. The van der Waals surface area contributed by atoms with Gasteiger partial charge in [0, 0.05) is 38.8 Å². The summed E-state index contributed by atoms with van der Waals surface area (Å²) in [6.07, 6.45) is 2.41. The highest BCUT2D eigenvalue weighted by atomic mass is 32.2. The predicted octanol–water partition coefficient (Wildman–Crippen LogP) is 0.847. The second-order valence-corrected chi connectivity index (χ2v) is 7.31. The van der Waals surface area contributed by atoms with E-state index in [-0.39, 0.29) is 11.1 Å². The van der Waals surface area contributed by atoms with Crippen LogP contribution in [0.5, 0.6) is 0 Å².